The third-order valence-electron chi connectivity index (χ3n) is 3.67. The van der Waals surface area contributed by atoms with E-state index in [0.29, 0.717) is 24.3 Å². The van der Waals surface area contributed by atoms with Crippen molar-refractivity contribution in [2.45, 2.75) is 45.1 Å². The number of morpholine rings is 2. The zero-order valence-corrected chi connectivity index (χ0v) is 10.6. The first-order chi connectivity index (χ1) is 7.68. The van der Waals surface area contributed by atoms with Crippen molar-refractivity contribution in [3.8, 4) is 0 Å². The van der Waals surface area contributed by atoms with Gasteiger partial charge < -0.3 is 14.8 Å². The molecular formula is C12H24N2O2. The summed E-state index contributed by atoms with van der Waals surface area (Å²) < 4.78 is 11.5. The lowest BCUT2D eigenvalue weighted by molar-refractivity contribution is -0.0993. The maximum absolute atomic E-state index is 5.83. The van der Waals surface area contributed by atoms with Gasteiger partial charge in [-0.15, -0.1) is 0 Å². The maximum atomic E-state index is 5.83. The highest BCUT2D eigenvalue weighted by Crippen LogP contribution is 2.18. The first kappa shape index (κ1) is 12.3. The molecule has 2 fully saturated rings. The summed E-state index contributed by atoms with van der Waals surface area (Å²) in [5, 5.41) is 3.40. The molecule has 0 bridgehead atoms. The fraction of sp³-hybridized carbons (Fsp3) is 1.00. The van der Waals surface area contributed by atoms with E-state index in [1.807, 2.05) is 0 Å². The van der Waals surface area contributed by atoms with Gasteiger partial charge in [-0.25, -0.2) is 0 Å². The summed E-state index contributed by atoms with van der Waals surface area (Å²) in [4.78, 5) is 2.52. The summed E-state index contributed by atoms with van der Waals surface area (Å²) in [6, 6.07) is 0.964. The standard InChI is InChI=1S/C12H24N2O2/c1-9-8-16-10(2)7-14(9)11(3)12-6-13-4-5-15-12/h9-13H,4-8H2,1-3H3. The van der Waals surface area contributed by atoms with Crippen molar-refractivity contribution in [1.82, 2.24) is 10.2 Å². The number of rotatable bonds is 2. The molecule has 1 N–H and O–H groups in total. The fourth-order valence-corrected chi connectivity index (χ4v) is 2.61. The first-order valence-electron chi connectivity index (χ1n) is 6.38. The molecule has 16 heavy (non-hydrogen) atoms. The third kappa shape index (κ3) is 2.74. The van der Waals surface area contributed by atoms with Crippen LogP contribution in [0.4, 0.5) is 0 Å². The quantitative estimate of drug-likeness (QED) is 0.745. The molecule has 0 aromatic carbocycles. The van der Waals surface area contributed by atoms with E-state index < -0.39 is 0 Å². The van der Waals surface area contributed by atoms with Crippen molar-refractivity contribution >= 4 is 0 Å². The predicted molar refractivity (Wildman–Crippen MR) is 63.7 cm³/mol. The van der Waals surface area contributed by atoms with E-state index in [1.165, 1.54) is 0 Å². The van der Waals surface area contributed by atoms with Gasteiger partial charge in [0.05, 0.1) is 25.4 Å². The van der Waals surface area contributed by atoms with Crippen LogP contribution in [0.15, 0.2) is 0 Å². The highest BCUT2D eigenvalue weighted by Gasteiger charge is 2.32. The predicted octanol–water partition coefficient (Wildman–Crippen LogP) is 0.473. The summed E-state index contributed by atoms with van der Waals surface area (Å²) in [5.74, 6) is 0. The molecule has 4 heteroatoms. The van der Waals surface area contributed by atoms with Gasteiger partial charge in [0.2, 0.25) is 0 Å². The second-order valence-electron chi connectivity index (χ2n) is 5.04. The molecule has 0 aromatic rings. The summed E-state index contributed by atoms with van der Waals surface area (Å²) in [6.07, 6.45) is 0.664. The molecule has 2 heterocycles. The Labute approximate surface area is 98.3 Å². The maximum Gasteiger partial charge on any atom is 0.0852 e. The SMILES string of the molecule is CC1CN(C(C)C2CNCCO2)C(C)CO1. The van der Waals surface area contributed by atoms with Crippen LogP contribution in [0.5, 0.6) is 0 Å². The van der Waals surface area contributed by atoms with Gasteiger partial charge in [0, 0.05) is 31.7 Å². The molecule has 4 unspecified atom stereocenters. The Kier molecular flexibility index (Phi) is 4.19. The molecule has 0 spiro atoms. The van der Waals surface area contributed by atoms with Crippen LogP contribution in [0.25, 0.3) is 0 Å². The van der Waals surface area contributed by atoms with Crippen LogP contribution in [-0.4, -0.2) is 62.0 Å². The molecule has 0 radical (unpaired) electrons. The Morgan fingerprint density at radius 2 is 2.12 bits per heavy atom. The molecule has 94 valence electrons. The van der Waals surface area contributed by atoms with E-state index in [4.69, 9.17) is 9.47 Å². The van der Waals surface area contributed by atoms with Gasteiger partial charge in [-0.05, 0) is 20.8 Å². The van der Waals surface area contributed by atoms with E-state index in [0.717, 1.165) is 32.8 Å². The van der Waals surface area contributed by atoms with E-state index in [2.05, 4.69) is 31.0 Å². The average molecular weight is 228 g/mol. The fourth-order valence-electron chi connectivity index (χ4n) is 2.61. The van der Waals surface area contributed by atoms with Crippen molar-refractivity contribution in [3.63, 3.8) is 0 Å². The highest BCUT2D eigenvalue weighted by molar-refractivity contribution is 4.86. The van der Waals surface area contributed by atoms with E-state index >= 15 is 0 Å². The van der Waals surface area contributed by atoms with Crippen molar-refractivity contribution in [2.75, 3.05) is 32.8 Å². The van der Waals surface area contributed by atoms with Gasteiger partial charge in [-0.2, -0.15) is 0 Å². The lowest BCUT2D eigenvalue weighted by atomic mass is 10.1. The van der Waals surface area contributed by atoms with Crippen LogP contribution in [0, 0.1) is 0 Å². The van der Waals surface area contributed by atoms with Crippen LogP contribution >= 0.6 is 0 Å². The lowest BCUT2D eigenvalue weighted by Gasteiger charge is -2.44. The minimum Gasteiger partial charge on any atom is -0.376 e. The topological polar surface area (TPSA) is 33.7 Å². The van der Waals surface area contributed by atoms with Gasteiger partial charge in [0.25, 0.3) is 0 Å². The molecule has 2 aliphatic heterocycles. The van der Waals surface area contributed by atoms with Crippen molar-refractivity contribution in [2.24, 2.45) is 0 Å². The Bertz CT molecular complexity index is 219. The monoisotopic (exact) mass is 228 g/mol. The number of nitrogens with one attached hydrogen (secondary N) is 1. The summed E-state index contributed by atoms with van der Waals surface area (Å²) >= 11 is 0. The molecule has 4 nitrogen and oxygen atoms in total. The van der Waals surface area contributed by atoms with Crippen LogP contribution in [-0.2, 0) is 9.47 Å². The van der Waals surface area contributed by atoms with Gasteiger partial charge >= 0.3 is 0 Å². The highest BCUT2D eigenvalue weighted by atomic mass is 16.5. The lowest BCUT2D eigenvalue weighted by Crippen LogP contribution is -2.58. The largest absolute Gasteiger partial charge is 0.376 e. The van der Waals surface area contributed by atoms with Crippen molar-refractivity contribution < 1.29 is 9.47 Å². The minimum absolute atomic E-state index is 0.321. The Morgan fingerprint density at radius 3 is 2.81 bits per heavy atom. The molecular weight excluding hydrogens is 204 g/mol. The molecule has 4 atom stereocenters. The van der Waals surface area contributed by atoms with Gasteiger partial charge in [-0.3, -0.25) is 4.90 Å². The van der Waals surface area contributed by atoms with Gasteiger partial charge in [-0.1, -0.05) is 0 Å². The minimum atomic E-state index is 0.321. The Balaban J connectivity index is 1.93. The zero-order chi connectivity index (χ0) is 11.5. The molecule has 0 saturated carbocycles. The average Bonchev–Trinajstić information content (AvgIpc) is 2.32. The second-order valence-corrected chi connectivity index (χ2v) is 5.04. The second kappa shape index (κ2) is 5.45. The van der Waals surface area contributed by atoms with Crippen LogP contribution in [0.3, 0.4) is 0 Å². The molecule has 2 rings (SSSR count). The van der Waals surface area contributed by atoms with E-state index in [9.17, 15) is 0 Å². The number of hydrogen-bond acceptors (Lipinski definition) is 4. The smallest absolute Gasteiger partial charge is 0.0852 e. The number of ether oxygens (including phenoxy) is 2. The summed E-state index contributed by atoms with van der Waals surface area (Å²) in [7, 11) is 0. The molecule has 0 amide bonds. The zero-order valence-electron chi connectivity index (χ0n) is 10.6. The van der Waals surface area contributed by atoms with Crippen LogP contribution in [0.2, 0.25) is 0 Å². The third-order valence-corrected chi connectivity index (χ3v) is 3.67. The molecule has 0 aromatic heterocycles. The molecule has 0 aliphatic carbocycles. The Hall–Kier alpha value is -0.160. The normalized spacial score (nSPS) is 39.6. The molecule has 2 aliphatic rings. The van der Waals surface area contributed by atoms with Gasteiger partial charge in [0.1, 0.15) is 0 Å². The van der Waals surface area contributed by atoms with Gasteiger partial charge in [0.15, 0.2) is 0 Å². The summed E-state index contributed by atoms with van der Waals surface area (Å²) in [5.41, 5.74) is 0. The number of nitrogens with zero attached hydrogens (tertiary/aromatic N) is 1. The van der Waals surface area contributed by atoms with E-state index in [1.54, 1.807) is 0 Å². The van der Waals surface area contributed by atoms with E-state index in [-0.39, 0.29) is 0 Å². The van der Waals surface area contributed by atoms with Crippen LogP contribution in [0.1, 0.15) is 20.8 Å². The number of hydrogen-bond donors (Lipinski definition) is 1. The first-order valence-corrected chi connectivity index (χ1v) is 6.38. The van der Waals surface area contributed by atoms with Crippen molar-refractivity contribution in [1.29, 1.82) is 0 Å². The van der Waals surface area contributed by atoms with Crippen LogP contribution < -0.4 is 5.32 Å². The summed E-state index contributed by atoms with van der Waals surface area (Å²) in [6.45, 7) is 11.3. The molecule has 2 saturated heterocycles. The van der Waals surface area contributed by atoms with Crippen molar-refractivity contribution in [3.05, 3.63) is 0 Å². The Morgan fingerprint density at radius 1 is 1.31 bits per heavy atom.